The molecule has 21 heavy (non-hydrogen) atoms. The third-order valence-electron chi connectivity index (χ3n) is 2.87. The fourth-order valence-corrected chi connectivity index (χ4v) is 2.27. The highest BCUT2D eigenvalue weighted by molar-refractivity contribution is 7.80. The Balaban J connectivity index is 2.89. The second-order valence-corrected chi connectivity index (χ2v) is 4.58. The van der Waals surface area contributed by atoms with Crippen molar-refractivity contribution in [3.05, 3.63) is 35.4 Å². The van der Waals surface area contributed by atoms with Gasteiger partial charge in [0.2, 0.25) is 5.88 Å². The maximum atomic E-state index is 9.44. The first-order valence-electron chi connectivity index (χ1n) is 6.18. The van der Waals surface area contributed by atoms with Crippen LogP contribution in [0, 0.1) is 22.7 Å². The zero-order valence-electron chi connectivity index (χ0n) is 11.3. The number of aromatic nitrogens is 1. The lowest BCUT2D eigenvalue weighted by molar-refractivity contribution is 0.326. The maximum absolute atomic E-state index is 9.44. The number of ether oxygens (including phenoxy) is 1. The third-order valence-corrected chi connectivity index (χ3v) is 3.26. The number of thiol groups is 1. The standard InChI is InChI=1S/C15H12N4OS/c1-2-20-15-11(8-17)13(10(7-16)14(18)19-15)9-5-3-4-6-12(9)21/h3-6,21H,2H2,1H3,(H2,18,19). The first-order chi connectivity index (χ1) is 10.1. The molecule has 1 aromatic carbocycles. The van der Waals surface area contributed by atoms with Crippen LogP contribution >= 0.6 is 12.6 Å². The van der Waals surface area contributed by atoms with Crippen LogP contribution < -0.4 is 10.5 Å². The van der Waals surface area contributed by atoms with Crippen molar-refractivity contribution in [1.82, 2.24) is 4.98 Å². The van der Waals surface area contributed by atoms with Crippen LogP contribution in [0.2, 0.25) is 0 Å². The van der Waals surface area contributed by atoms with Crippen molar-refractivity contribution in [2.45, 2.75) is 11.8 Å². The second kappa shape index (κ2) is 6.17. The Morgan fingerprint density at radius 3 is 2.48 bits per heavy atom. The fraction of sp³-hybridized carbons (Fsp3) is 0.133. The van der Waals surface area contributed by atoms with Crippen LogP contribution in [0.1, 0.15) is 18.1 Å². The van der Waals surface area contributed by atoms with Crippen LogP contribution in [0.15, 0.2) is 29.2 Å². The van der Waals surface area contributed by atoms with Gasteiger partial charge in [-0.15, -0.1) is 12.6 Å². The zero-order chi connectivity index (χ0) is 15.4. The van der Waals surface area contributed by atoms with Gasteiger partial charge in [-0.1, -0.05) is 18.2 Å². The summed E-state index contributed by atoms with van der Waals surface area (Å²) in [6.45, 7) is 2.12. The third kappa shape index (κ3) is 2.62. The molecule has 0 radical (unpaired) electrons. The smallest absolute Gasteiger partial charge is 0.234 e. The van der Waals surface area contributed by atoms with E-state index >= 15 is 0 Å². The minimum Gasteiger partial charge on any atom is -0.477 e. The van der Waals surface area contributed by atoms with E-state index in [4.69, 9.17) is 10.5 Å². The van der Waals surface area contributed by atoms with Gasteiger partial charge in [-0.2, -0.15) is 15.5 Å². The normalized spacial score (nSPS) is 9.71. The lowest BCUT2D eigenvalue weighted by Gasteiger charge is -2.14. The molecule has 0 aliphatic rings. The number of pyridine rings is 1. The van der Waals surface area contributed by atoms with Crippen LogP contribution in [0.4, 0.5) is 5.82 Å². The van der Waals surface area contributed by atoms with Crippen molar-refractivity contribution >= 4 is 18.4 Å². The molecule has 1 heterocycles. The van der Waals surface area contributed by atoms with E-state index in [2.05, 4.69) is 17.6 Å². The van der Waals surface area contributed by atoms with Crippen molar-refractivity contribution in [3.63, 3.8) is 0 Å². The molecule has 0 saturated heterocycles. The van der Waals surface area contributed by atoms with Gasteiger partial charge in [-0.25, -0.2) is 0 Å². The van der Waals surface area contributed by atoms with Gasteiger partial charge >= 0.3 is 0 Å². The summed E-state index contributed by atoms with van der Waals surface area (Å²) in [5.41, 5.74) is 7.21. The van der Waals surface area contributed by atoms with E-state index < -0.39 is 0 Å². The van der Waals surface area contributed by atoms with E-state index in [0.717, 1.165) is 0 Å². The maximum Gasteiger partial charge on any atom is 0.234 e. The van der Waals surface area contributed by atoms with Gasteiger partial charge in [0.1, 0.15) is 29.1 Å². The molecule has 1 aromatic heterocycles. The summed E-state index contributed by atoms with van der Waals surface area (Å²) in [7, 11) is 0. The fourth-order valence-electron chi connectivity index (χ4n) is 1.99. The lowest BCUT2D eigenvalue weighted by Crippen LogP contribution is -2.06. The number of hydrogen-bond donors (Lipinski definition) is 2. The van der Waals surface area contributed by atoms with Crippen LogP contribution in [0.5, 0.6) is 5.88 Å². The Bertz CT molecular complexity index is 774. The molecule has 5 nitrogen and oxygen atoms in total. The molecule has 2 rings (SSSR count). The quantitative estimate of drug-likeness (QED) is 0.849. The Morgan fingerprint density at radius 1 is 1.24 bits per heavy atom. The minimum absolute atomic E-state index is 0.0338. The van der Waals surface area contributed by atoms with Gasteiger partial charge in [0, 0.05) is 10.5 Å². The predicted octanol–water partition coefficient (Wildman–Crippen LogP) is 2.76. The van der Waals surface area contributed by atoms with Crippen LogP contribution in [-0.4, -0.2) is 11.6 Å². The summed E-state index contributed by atoms with van der Waals surface area (Å²) in [6.07, 6.45) is 0. The van der Waals surface area contributed by atoms with Gasteiger partial charge in [-0.05, 0) is 18.6 Å². The van der Waals surface area contributed by atoms with Gasteiger partial charge < -0.3 is 10.5 Å². The number of anilines is 1. The number of benzene rings is 1. The van der Waals surface area contributed by atoms with Gasteiger partial charge in [0.15, 0.2) is 0 Å². The number of hydrogen-bond acceptors (Lipinski definition) is 6. The van der Waals surface area contributed by atoms with E-state index in [1.165, 1.54) is 0 Å². The molecular weight excluding hydrogens is 284 g/mol. The monoisotopic (exact) mass is 296 g/mol. The van der Waals surface area contributed by atoms with Crippen molar-refractivity contribution in [2.24, 2.45) is 0 Å². The largest absolute Gasteiger partial charge is 0.477 e. The summed E-state index contributed by atoms with van der Waals surface area (Å²) in [6, 6.07) is 11.2. The molecule has 0 bridgehead atoms. The number of nitrogen functional groups attached to an aromatic ring is 1. The first kappa shape index (κ1) is 14.7. The molecule has 0 aliphatic heterocycles. The van der Waals surface area contributed by atoms with E-state index in [1.54, 1.807) is 25.1 Å². The number of nitriles is 2. The van der Waals surface area contributed by atoms with E-state index in [9.17, 15) is 10.5 Å². The highest BCUT2D eigenvalue weighted by atomic mass is 32.1. The summed E-state index contributed by atoms with van der Waals surface area (Å²) >= 11 is 4.38. The van der Waals surface area contributed by atoms with E-state index in [1.807, 2.05) is 18.2 Å². The molecule has 0 atom stereocenters. The van der Waals surface area contributed by atoms with Crippen molar-refractivity contribution in [2.75, 3.05) is 12.3 Å². The molecule has 0 amide bonds. The summed E-state index contributed by atoms with van der Waals surface area (Å²) in [4.78, 5) is 4.64. The lowest BCUT2D eigenvalue weighted by atomic mass is 9.96. The molecule has 0 fully saturated rings. The highest BCUT2D eigenvalue weighted by Gasteiger charge is 2.22. The van der Waals surface area contributed by atoms with Crippen molar-refractivity contribution < 1.29 is 4.74 Å². The van der Waals surface area contributed by atoms with Crippen LogP contribution in [-0.2, 0) is 0 Å². The Hall–Kier alpha value is -2.70. The van der Waals surface area contributed by atoms with E-state index in [0.29, 0.717) is 22.6 Å². The summed E-state index contributed by atoms with van der Waals surface area (Å²) in [5.74, 6) is 0.162. The Morgan fingerprint density at radius 2 is 1.90 bits per heavy atom. The van der Waals surface area contributed by atoms with Gasteiger partial charge in [-0.3, -0.25) is 0 Å². The van der Waals surface area contributed by atoms with Crippen molar-refractivity contribution in [3.8, 4) is 29.1 Å². The number of rotatable bonds is 3. The molecule has 104 valence electrons. The van der Waals surface area contributed by atoms with Crippen LogP contribution in [0.25, 0.3) is 11.1 Å². The molecule has 6 heteroatoms. The van der Waals surface area contributed by atoms with E-state index in [-0.39, 0.29) is 22.8 Å². The molecule has 0 saturated carbocycles. The first-order valence-corrected chi connectivity index (χ1v) is 6.63. The SMILES string of the molecule is CCOc1nc(N)c(C#N)c(-c2ccccc2S)c1C#N. The molecule has 2 aromatic rings. The second-order valence-electron chi connectivity index (χ2n) is 4.10. The average Bonchev–Trinajstić information content (AvgIpc) is 2.47. The Kier molecular flexibility index (Phi) is 4.32. The van der Waals surface area contributed by atoms with Crippen molar-refractivity contribution in [1.29, 1.82) is 10.5 Å². The minimum atomic E-state index is 0.0338. The predicted molar refractivity (Wildman–Crippen MR) is 81.9 cm³/mol. The van der Waals surface area contributed by atoms with Gasteiger partial charge in [0.25, 0.3) is 0 Å². The molecule has 2 N–H and O–H groups in total. The average molecular weight is 296 g/mol. The topological polar surface area (TPSA) is 95.7 Å². The Labute approximate surface area is 128 Å². The van der Waals surface area contributed by atoms with Gasteiger partial charge in [0.05, 0.1) is 6.61 Å². The molecular formula is C15H12N4OS. The highest BCUT2D eigenvalue weighted by Crippen LogP contribution is 2.37. The summed E-state index contributed by atoms with van der Waals surface area (Å²) < 4.78 is 5.36. The molecule has 0 unspecified atom stereocenters. The van der Waals surface area contributed by atoms with Crippen LogP contribution in [0.3, 0.4) is 0 Å². The number of nitrogens with zero attached hydrogens (tertiary/aromatic N) is 3. The number of nitrogens with two attached hydrogens (primary N) is 1. The molecule has 0 aliphatic carbocycles. The summed E-state index contributed by atoms with van der Waals surface area (Å²) in [5, 5.41) is 18.8. The molecule has 0 spiro atoms. The zero-order valence-corrected chi connectivity index (χ0v) is 12.2.